The third-order valence-corrected chi connectivity index (χ3v) is 3.18. The van der Waals surface area contributed by atoms with Gasteiger partial charge in [0.05, 0.1) is 12.6 Å². The Morgan fingerprint density at radius 1 is 1.56 bits per heavy atom. The Labute approximate surface area is 112 Å². The molecular formula is C13H17ClN2O2. The first-order chi connectivity index (χ1) is 8.66. The SMILES string of the molecule is CC(=O)Nc1ccc(Cl)c(C2COCCCN2)c1. The van der Waals surface area contributed by atoms with Crippen molar-refractivity contribution in [1.29, 1.82) is 0 Å². The van der Waals surface area contributed by atoms with Crippen molar-refractivity contribution in [3.8, 4) is 0 Å². The fourth-order valence-electron chi connectivity index (χ4n) is 2.00. The number of carbonyl (C=O) groups excluding carboxylic acids is 1. The molecule has 0 aromatic heterocycles. The topological polar surface area (TPSA) is 50.4 Å². The average molecular weight is 269 g/mol. The van der Waals surface area contributed by atoms with Crippen LogP contribution in [0.3, 0.4) is 0 Å². The van der Waals surface area contributed by atoms with Gasteiger partial charge in [0, 0.05) is 24.2 Å². The van der Waals surface area contributed by atoms with E-state index in [4.69, 9.17) is 16.3 Å². The lowest BCUT2D eigenvalue weighted by molar-refractivity contribution is -0.114. The highest BCUT2D eigenvalue weighted by molar-refractivity contribution is 6.31. The molecule has 1 amide bonds. The summed E-state index contributed by atoms with van der Waals surface area (Å²) in [6.07, 6.45) is 1.000. The third-order valence-electron chi connectivity index (χ3n) is 2.83. The number of ether oxygens (including phenoxy) is 1. The van der Waals surface area contributed by atoms with Gasteiger partial charge in [-0.25, -0.2) is 0 Å². The minimum absolute atomic E-state index is 0.0775. The highest BCUT2D eigenvalue weighted by Crippen LogP contribution is 2.27. The maximum atomic E-state index is 11.1. The monoisotopic (exact) mass is 268 g/mol. The molecule has 1 aliphatic rings. The van der Waals surface area contributed by atoms with Crippen LogP contribution in [0.5, 0.6) is 0 Å². The molecule has 1 aromatic rings. The van der Waals surface area contributed by atoms with E-state index in [1.165, 1.54) is 6.92 Å². The fraction of sp³-hybridized carbons (Fsp3) is 0.462. The lowest BCUT2D eigenvalue weighted by Gasteiger charge is -2.18. The van der Waals surface area contributed by atoms with Crippen molar-refractivity contribution in [2.75, 3.05) is 25.1 Å². The number of halogens is 1. The summed E-state index contributed by atoms with van der Waals surface area (Å²) in [6.45, 7) is 3.77. The molecule has 0 bridgehead atoms. The Hall–Kier alpha value is -1.10. The van der Waals surface area contributed by atoms with Crippen molar-refractivity contribution in [1.82, 2.24) is 5.32 Å². The predicted octanol–water partition coefficient (Wildman–Crippen LogP) is 2.35. The lowest BCUT2D eigenvalue weighted by Crippen LogP contribution is -2.23. The molecule has 1 heterocycles. The van der Waals surface area contributed by atoms with E-state index < -0.39 is 0 Å². The Bertz CT molecular complexity index is 429. The van der Waals surface area contributed by atoms with E-state index in [0.29, 0.717) is 11.6 Å². The minimum Gasteiger partial charge on any atom is -0.379 e. The molecule has 0 spiro atoms. The molecule has 5 heteroatoms. The number of benzene rings is 1. The van der Waals surface area contributed by atoms with Crippen molar-refractivity contribution >= 4 is 23.2 Å². The molecule has 1 fully saturated rings. The first-order valence-corrected chi connectivity index (χ1v) is 6.43. The van der Waals surface area contributed by atoms with E-state index in [-0.39, 0.29) is 11.9 Å². The maximum absolute atomic E-state index is 11.1. The van der Waals surface area contributed by atoms with E-state index in [2.05, 4.69) is 10.6 Å². The molecular weight excluding hydrogens is 252 g/mol. The van der Waals surface area contributed by atoms with Gasteiger partial charge in [0.1, 0.15) is 0 Å². The normalized spacial score (nSPS) is 20.2. The molecule has 1 unspecified atom stereocenters. The molecule has 4 nitrogen and oxygen atoms in total. The fourth-order valence-corrected chi connectivity index (χ4v) is 2.25. The van der Waals surface area contributed by atoms with Gasteiger partial charge in [0.25, 0.3) is 0 Å². The molecule has 2 rings (SSSR count). The molecule has 1 aromatic carbocycles. The second kappa shape index (κ2) is 6.18. The van der Waals surface area contributed by atoms with Gasteiger partial charge in [-0.2, -0.15) is 0 Å². The molecule has 0 saturated carbocycles. The van der Waals surface area contributed by atoms with Crippen molar-refractivity contribution < 1.29 is 9.53 Å². The van der Waals surface area contributed by atoms with E-state index in [0.717, 1.165) is 30.8 Å². The Kier molecular flexibility index (Phi) is 4.58. The van der Waals surface area contributed by atoms with Crippen LogP contribution in [0.15, 0.2) is 18.2 Å². The number of hydrogen-bond donors (Lipinski definition) is 2. The number of anilines is 1. The average Bonchev–Trinajstić information content (AvgIpc) is 2.59. The Balaban J connectivity index is 2.21. The van der Waals surface area contributed by atoms with E-state index >= 15 is 0 Å². The predicted molar refractivity (Wildman–Crippen MR) is 71.9 cm³/mol. The Morgan fingerprint density at radius 3 is 3.17 bits per heavy atom. The van der Waals surface area contributed by atoms with Crippen LogP contribution in [0, 0.1) is 0 Å². The summed E-state index contributed by atoms with van der Waals surface area (Å²) in [5, 5.41) is 6.85. The summed E-state index contributed by atoms with van der Waals surface area (Å²) in [7, 11) is 0. The van der Waals surface area contributed by atoms with Crippen LogP contribution in [0.1, 0.15) is 24.9 Å². The summed E-state index contributed by atoms with van der Waals surface area (Å²) in [4.78, 5) is 11.1. The second-order valence-electron chi connectivity index (χ2n) is 4.35. The van der Waals surface area contributed by atoms with Gasteiger partial charge in [-0.05, 0) is 36.7 Å². The van der Waals surface area contributed by atoms with Crippen molar-refractivity contribution in [3.05, 3.63) is 28.8 Å². The van der Waals surface area contributed by atoms with E-state index in [1.807, 2.05) is 6.07 Å². The zero-order valence-electron chi connectivity index (χ0n) is 10.3. The summed E-state index contributed by atoms with van der Waals surface area (Å²) < 4.78 is 5.53. The van der Waals surface area contributed by atoms with Crippen molar-refractivity contribution in [2.45, 2.75) is 19.4 Å². The highest BCUT2D eigenvalue weighted by atomic mass is 35.5. The van der Waals surface area contributed by atoms with Gasteiger partial charge in [-0.15, -0.1) is 0 Å². The minimum atomic E-state index is -0.0895. The van der Waals surface area contributed by atoms with E-state index in [9.17, 15) is 4.79 Å². The smallest absolute Gasteiger partial charge is 0.221 e. The van der Waals surface area contributed by atoms with Gasteiger partial charge in [-0.1, -0.05) is 11.6 Å². The standard InChI is InChI=1S/C13H17ClN2O2/c1-9(17)16-10-3-4-12(14)11(7-10)13-8-18-6-2-5-15-13/h3-4,7,13,15H,2,5-6,8H2,1H3,(H,16,17). The van der Waals surface area contributed by atoms with Gasteiger partial charge >= 0.3 is 0 Å². The zero-order valence-corrected chi connectivity index (χ0v) is 11.1. The maximum Gasteiger partial charge on any atom is 0.221 e. The van der Waals surface area contributed by atoms with Crippen molar-refractivity contribution in [3.63, 3.8) is 0 Å². The molecule has 1 atom stereocenters. The van der Waals surface area contributed by atoms with Gasteiger partial charge < -0.3 is 15.4 Å². The molecule has 0 aliphatic carbocycles. The first-order valence-electron chi connectivity index (χ1n) is 6.05. The highest BCUT2D eigenvalue weighted by Gasteiger charge is 2.17. The molecule has 1 aliphatic heterocycles. The number of rotatable bonds is 2. The molecule has 1 saturated heterocycles. The molecule has 98 valence electrons. The summed E-state index contributed by atoms with van der Waals surface area (Å²) in [5.74, 6) is -0.0895. The quantitative estimate of drug-likeness (QED) is 0.866. The Morgan fingerprint density at radius 2 is 2.39 bits per heavy atom. The second-order valence-corrected chi connectivity index (χ2v) is 4.76. The molecule has 18 heavy (non-hydrogen) atoms. The van der Waals surface area contributed by atoms with Crippen LogP contribution in [-0.2, 0) is 9.53 Å². The number of amides is 1. The van der Waals surface area contributed by atoms with Gasteiger partial charge in [0.15, 0.2) is 0 Å². The zero-order chi connectivity index (χ0) is 13.0. The lowest BCUT2D eigenvalue weighted by atomic mass is 10.1. The number of hydrogen-bond acceptors (Lipinski definition) is 3. The summed E-state index contributed by atoms with van der Waals surface area (Å²) in [5.41, 5.74) is 1.72. The summed E-state index contributed by atoms with van der Waals surface area (Å²) in [6, 6.07) is 5.57. The number of nitrogens with one attached hydrogen (secondary N) is 2. The largest absolute Gasteiger partial charge is 0.379 e. The van der Waals surface area contributed by atoms with Crippen LogP contribution in [0.2, 0.25) is 5.02 Å². The first kappa shape index (κ1) is 13.3. The van der Waals surface area contributed by atoms with Gasteiger partial charge in [0.2, 0.25) is 5.91 Å². The van der Waals surface area contributed by atoms with Crippen LogP contribution in [-0.4, -0.2) is 25.7 Å². The van der Waals surface area contributed by atoms with E-state index in [1.54, 1.807) is 12.1 Å². The van der Waals surface area contributed by atoms with Gasteiger partial charge in [-0.3, -0.25) is 4.79 Å². The van der Waals surface area contributed by atoms with Crippen LogP contribution >= 0.6 is 11.6 Å². The number of carbonyl (C=O) groups is 1. The molecule has 2 N–H and O–H groups in total. The van der Waals surface area contributed by atoms with Crippen LogP contribution < -0.4 is 10.6 Å². The van der Waals surface area contributed by atoms with Crippen LogP contribution in [0.25, 0.3) is 0 Å². The molecule has 0 radical (unpaired) electrons. The third kappa shape index (κ3) is 3.45. The van der Waals surface area contributed by atoms with Crippen LogP contribution in [0.4, 0.5) is 5.69 Å². The summed E-state index contributed by atoms with van der Waals surface area (Å²) >= 11 is 6.21. The van der Waals surface area contributed by atoms with Crippen molar-refractivity contribution in [2.24, 2.45) is 0 Å².